The molecule has 0 atom stereocenters. The van der Waals surface area contributed by atoms with Crippen LogP contribution in [0.3, 0.4) is 0 Å². The number of carboxylic acid groups (broad SMARTS) is 1. The zero-order valence-corrected chi connectivity index (χ0v) is 12.0. The Morgan fingerprint density at radius 3 is 2.27 bits per heavy atom. The third kappa shape index (κ3) is 4.81. The molecule has 1 rings (SSSR count). The summed E-state index contributed by atoms with van der Waals surface area (Å²) in [5, 5.41) is 9.14. The van der Waals surface area contributed by atoms with Crippen molar-refractivity contribution in [1.29, 1.82) is 0 Å². The number of aliphatic carboxylic acids is 1. The van der Waals surface area contributed by atoms with Gasteiger partial charge in [-0.15, -0.1) is 0 Å². The second kappa shape index (κ2) is 6.84. The molecule has 1 N–H and O–H groups in total. The van der Waals surface area contributed by atoms with Gasteiger partial charge in [-0.25, -0.2) is 4.79 Å². The van der Waals surface area contributed by atoms with Crippen LogP contribution < -0.4 is 34.3 Å². The van der Waals surface area contributed by atoms with Crippen LogP contribution in [0.15, 0.2) is 12.1 Å². The maximum atomic E-state index is 10.2. The van der Waals surface area contributed by atoms with Crippen molar-refractivity contribution in [3.05, 3.63) is 27.2 Å². The maximum Gasteiger partial charge on any atom is 1.00 e. The molecule has 1 aromatic rings. The molecule has 0 aliphatic carbocycles. The molecule has 0 aromatic heterocycles. The Bertz CT molecular complexity index is 370. The molecule has 0 fully saturated rings. The van der Waals surface area contributed by atoms with E-state index in [4.69, 9.17) is 44.6 Å². The topological polar surface area (TPSA) is 46.5 Å². The zero-order chi connectivity index (χ0) is 10.7. The summed E-state index contributed by atoms with van der Waals surface area (Å²) in [6.45, 7) is -0.475. The molecule has 0 saturated heterocycles. The molecule has 0 unspecified atom stereocenters. The predicted molar refractivity (Wildman–Crippen MR) is 54.6 cm³/mol. The number of benzene rings is 1. The van der Waals surface area contributed by atoms with E-state index >= 15 is 0 Å². The second-order valence-electron chi connectivity index (χ2n) is 2.38. The smallest absolute Gasteiger partial charge is 0.480 e. The molecule has 0 bridgehead atoms. The van der Waals surface area contributed by atoms with E-state index in [1.165, 1.54) is 12.1 Å². The molecule has 76 valence electrons. The van der Waals surface area contributed by atoms with Gasteiger partial charge in [0.05, 0.1) is 15.1 Å². The Balaban J connectivity index is 0.00000196. The SMILES string of the molecule is O=C(O)COc1cc(Cl)c(Cl)cc1Cl.[Na+]. The normalized spacial score (nSPS) is 9.27. The van der Waals surface area contributed by atoms with Crippen molar-refractivity contribution in [3.8, 4) is 5.75 Å². The molecule has 7 heteroatoms. The first-order valence-corrected chi connectivity index (χ1v) is 4.63. The van der Waals surface area contributed by atoms with E-state index < -0.39 is 12.6 Å². The first kappa shape index (κ1) is 15.4. The van der Waals surface area contributed by atoms with Crippen LogP contribution in [0.5, 0.6) is 5.75 Å². The Kier molecular flexibility index (Phi) is 7.00. The number of carboxylic acids is 1. The summed E-state index contributed by atoms with van der Waals surface area (Å²) in [6.07, 6.45) is 0. The Morgan fingerprint density at radius 2 is 1.73 bits per heavy atom. The van der Waals surface area contributed by atoms with Crippen molar-refractivity contribution in [2.75, 3.05) is 6.61 Å². The van der Waals surface area contributed by atoms with E-state index in [0.717, 1.165) is 0 Å². The van der Waals surface area contributed by atoms with E-state index in [0.29, 0.717) is 5.02 Å². The minimum absolute atomic E-state index is 0. The van der Waals surface area contributed by atoms with Gasteiger partial charge in [0.15, 0.2) is 6.61 Å². The van der Waals surface area contributed by atoms with E-state index in [2.05, 4.69) is 0 Å². The Hall–Kier alpha value is 0.360. The van der Waals surface area contributed by atoms with E-state index in [-0.39, 0.29) is 45.4 Å². The molecule has 0 spiro atoms. The summed E-state index contributed by atoms with van der Waals surface area (Å²) in [5.41, 5.74) is 0. The number of carbonyl (C=O) groups is 1. The average molecular weight is 278 g/mol. The van der Waals surface area contributed by atoms with Gasteiger partial charge >= 0.3 is 35.5 Å². The van der Waals surface area contributed by atoms with Crippen LogP contribution in [0.2, 0.25) is 15.1 Å². The van der Waals surface area contributed by atoms with Gasteiger partial charge in [0, 0.05) is 6.07 Å². The standard InChI is InChI=1S/C8H5Cl3O3.Na/c9-4-1-6(11)7(2-5(4)10)14-3-8(12)13;/h1-2H,3H2,(H,12,13);/q;+1. The fraction of sp³-hybridized carbons (Fsp3) is 0.125. The molecule has 0 radical (unpaired) electrons. The van der Waals surface area contributed by atoms with Crippen LogP contribution in [0, 0.1) is 0 Å². The molecular weight excluding hydrogens is 273 g/mol. The van der Waals surface area contributed by atoms with Crippen molar-refractivity contribution in [1.82, 2.24) is 0 Å². The second-order valence-corrected chi connectivity index (χ2v) is 3.60. The van der Waals surface area contributed by atoms with Crippen LogP contribution in [0.4, 0.5) is 0 Å². The summed E-state index contributed by atoms with van der Waals surface area (Å²) in [6, 6.07) is 2.76. The monoisotopic (exact) mass is 277 g/mol. The van der Waals surface area contributed by atoms with Crippen molar-refractivity contribution >= 4 is 40.8 Å². The van der Waals surface area contributed by atoms with E-state index in [9.17, 15) is 4.79 Å². The van der Waals surface area contributed by atoms with Gasteiger partial charge in [0.1, 0.15) is 5.75 Å². The van der Waals surface area contributed by atoms with Crippen LogP contribution in [0.1, 0.15) is 0 Å². The Morgan fingerprint density at radius 1 is 1.20 bits per heavy atom. The molecular formula is C8H5Cl3NaO3+. The molecule has 0 aliphatic rings. The largest absolute Gasteiger partial charge is 1.00 e. The predicted octanol–water partition coefficient (Wildman–Crippen LogP) is 0.114. The minimum Gasteiger partial charge on any atom is -0.480 e. The maximum absolute atomic E-state index is 10.2. The van der Waals surface area contributed by atoms with Gasteiger partial charge < -0.3 is 9.84 Å². The summed E-state index contributed by atoms with van der Waals surface area (Å²) in [7, 11) is 0. The average Bonchev–Trinajstić information content (AvgIpc) is 2.09. The van der Waals surface area contributed by atoms with Crippen molar-refractivity contribution < 1.29 is 44.2 Å². The summed E-state index contributed by atoms with van der Waals surface area (Å²) in [4.78, 5) is 10.2. The Labute approximate surface area is 124 Å². The zero-order valence-electron chi connectivity index (χ0n) is 7.76. The van der Waals surface area contributed by atoms with Gasteiger partial charge in [0.2, 0.25) is 0 Å². The van der Waals surface area contributed by atoms with Crippen molar-refractivity contribution in [3.63, 3.8) is 0 Å². The number of ether oxygens (including phenoxy) is 1. The molecule has 3 nitrogen and oxygen atoms in total. The van der Waals surface area contributed by atoms with E-state index in [1.807, 2.05) is 0 Å². The summed E-state index contributed by atoms with van der Waals surface area (Å²) in [5.74, 6) is -0.893. The van der Waals surface area contributed by atoms with Gasteiger partial charge in [-0.05, 0) is 6.07 Å². The van der Waals surface area contributed by atoms with Gasteiger partial charge in [-0.3, -0.25) is 0 Å². The quantitative estimate of drug-likeness (QED) is 0.631. The van der Waals surface area contributed by atoms with Crippen molar-refractivity contribution in [2.24, 2.45) is 0 Å². The third-order valence-corrected chi connectivity index (χ3v) is 2.34. The van der Waals surface area contributed by atoms with Gasteiger partial charge in [-0.2, -0.15) is 0 Å². The molecule has 15 heavy (non-hydrogen) atoms. The molecule has 0 aliphatic heterocycles. The van der Waals surface area contributed by atoms with Gasteiger partial charge in [0.25, 0.3) is 0 Å². The fourth-order valence-electron chi connectivity index (χ4n) is 0.754. The molecule has 1 aromatic carbocycles. The molecule has 0 saturated carbocycles. The van der Waals surface area contributed by atoms with Crippen LogP contribution in [-0.4, -0.2) is 17.7 Å². The fourth-order valence-corrected chi connectivity index (χ4v) is 1.35. The van der Waals surface area contributed by atoms with Crippen LogP contribution in [-0.2, 0) is 4.79 Å². The molecule has 0 amide bonds. The minimum atomic E-state index is -1.09. The van der Waals surface area contributed by atoms with Crippen LogP contribution >= 0.6 is 34.8 Å². The van der Waals surface area contributed by atoms with E-state index in [1.54, 1.807) is 0 Å². The first-order chi connectivity index (χ1) is 6.50. The number of halogens is 3. The number of rotatable bonds is 3. The third-order valence-electron chi connectivity index (χ3n) is 1.33. The number of hydrogen-bond donors (Lipinski definition) is 1. The van der Waals surface area contributed by atoms with Crippen molar-refractivity contribution in [2.45, 2.75) is 0 Å². The van der Waals surface area contributed by atoms with Gasteiger partial charge in [-0.1, -0.05) is 34.8 Å². The first-order valence-electron chi connectivity index (χ1n) is 3.50. The van der Waals surface area contributed by atoms with Crippen LogP contribution in [0.25, 0.3) is 0 Å². The summed E-state index contributed by atoms with van der Waals surface area (Å²) >= 11 is 17.1. The number of hydrogen-bond acceptors (Lipinski definition) is 2. The molecule has 0 heterocycles. The summed E-state index contributed by atoms with van der Waals surface area (Å²) < 4.78 is 4.86.